The maximum absolute atomic E-state index is 3.00. The average molecular weight is 132 g/mol. The molecule has 7 heavy (non-hydrogen) atoms. The molecular weight excluding hydrogens is 127 g/mol. The Kier molecular flexibility index (Phi) is 95900000. The fraction of sp³-hybridized carbons (Fsp3) is 0. The summed E-state index contributed by atoms with van der Waals surface area (Å²) in [6.07, 6.45) is 0. The van der Waals surface area contributed by atoms with Crippen LogP contribution in [-0.4, -0.2) is 17.4 Å². The van der Waals surface area contributed by atoms with Crippen molar-refractivity contribution in [3.05, 3.63) is 13.2 Å². The fourth-order valence-electron chi connectivity index (χ4n) is 0. The Morgan fingerprint density at radius 2 is 0.714 bits per heavy atom. The summed E-state index contributed by atoms with van der Waals surface area (Å²) in [6, 6.07) is 0. The molecule has 0 bridgehead atoms. The SMILES string of the molecule is C=C.F.[Al+3].[F-].[F-].[F-]. The van der Waals surface area contributed by atoms with Gasteiger partial charge in [-0.2, -0.15) is 0 Å². The van der Waals surface area contributed by atoms with Crippen molar-refractivity contribution in [1.29, 1.82) is 0 Å². The molecule has 44 valence electrons. The van der Waals surface area contributed by atoms with Gasteiger partial charge in [-0.05, 0) is 0 Å². The third-order valence-corrected chi connectivity index (χ3v) is 0. The van der Waals surface area contributed by atoms with Crippen molar-refractivity contribution < 1.29 is 18.8 Å². The van der Waals surface area contributed by atoms with E-state index in [0.29, 0.717) is 0 Å². The van der Waals surface area contributed by atoms with Crippen molar-refractivity contribution in [1.82, 2.24) is 0 Å². The summed E-state index contributed by atoms with van der Waals surface area (Å²) in [6.45, 7) is 6.00. The van der Waals surface area contributed by atoms with Crippen LogP contribution in [0.2, 0.25) is 0 Å². The second-order valence-corrected chi connectivity index (χ2v) is 0. The van der Waals surface area contributed by atoms with Crippen LogP contribution in [0.3, 0.4) is 0 Å². The van der Waals surface area contributed by atoms with E-state index < -0.39 is 0 Å². The zero-order valence-corrected chi connectivity index (χ0v) is 4.69. The van der Waals surface area contributed by atoms with Crippen LogP contribution in [0, 0.1) is 0 Å². The minimum Gasteiger partial charge on any atom is -1.00 e. The molecule has 0 amide bonds. The van der Waals surface area contributed by atoms with Crippen molar-refractivity contribution in [3.8, 4) is 0 Å². The predicted molar refractivity (Wildman–Crippen MR) is 19.5 cm³/mol. The summed E-state index contributed by atoms with van der Waals surface area (Å²) in [5, 5.41) is 0. The molecule has 5 heteroatoms. The number of hydrogen-bond donors (Lipinski definition) is 0. The van der Waals surface area contributed by atoms with E-state index >= 15 is 0 Å². The van der Waals surface area contributed by atoms with Crippen LogP contribution in [0.25, 0.3) is 0 Å². The van der Waals surface area contributed by atoms with Crippen LogP contribution in [-0.2, 0) is 0 Å². The van der Waals surface area contributed by atoms with E-state index in [1.54, 1.807) is 0 Å². The summed E-state index contributed by atoms with van der Waals surface area (Å²) in [4.78, 5) is 0. The molecule has 0 aromatic heterocycles. The van der Waals surface area contributed by atoms with Crippen LogP contribution in [0.4, 0.5) is 4.70 Å². The summed E-state index contributed by atoms with van der Waals surface area (Å²) in [5.74, 6) is 0. The fourth-order valence-corrected chi connectivity index (χ4v) is 0. The standard InChI is InChI=1S/C2H4.Al.4FH/c1-2;;;;;/h1-2H2;;4*1H/q;+3;;;;/p-3. The first kappa shape index (κ1) is 255. The van der Waals surface area contributed by atoms with Crippen molar-refractivity contribution in [2.24, 2.45) is 0 Å². The van der Waals surface area contributed by atoms with E-state index in [2.05, 4.69) is 13.2 Å². The molecule has 0 aliphatic carbocycles. The maximum Gasteiger partial charge on any atom is 3.00 e. The van der Waals surface area contributed by atoms with Gasteiger partial charge in [0.1, 0.15) is 0 Å². The van der Waals surface area contributed by atoms with Gasteiger partial charge in [0, 0.05) is 0 Å². The van der Waals surface area contributed by atoms with E-state index in [-0.39, 0.29) is 36.2 Å². The molecule has 0 rings (SSSR count). The third-order valence-electron chi connectivity index (χ3n) is 0. The van der Waals surface area contributed by atoms with Crippen molar-refractivity contribution in [2.75, 3.05) is 0 Å². The first-order chi connectivity index (χ1) is 1.00. The Morgan fingerprint density at radius 1 is 0.714 bits per heavy atom. The number of hydrogen-bond acceptors (Lipinski definition) is 0. The molecule has 0 aromatic rings. The summed E-state index contributed by atoms with van der Waals surface area (Å²) in [5.41, 5.74) is 0. The smallest absolute Gasteiger partial charge is 1.00 e. The largest absolute Gasteiger partial charge is 3.00 e. The second kappa shape index (κ2) is 2630000. The molecule has 0 fully saturated rings. The Labute approximate surface area is 50.2 Å². The van der Waals surface area contributed by atoms with Crippen LogP contribution in [0.15, 0.2) is 13.2 Å². The van der Waals surface area contributed by atoms with E-state index in [0.717, 1.165) is 0 Å². The summed E-state index contributed by atoms with van der Waals surface area (Å²) < 4.78 is 0. The summed E-state index contributed by atoms with van der Waals surface area (Å²) >= 11 is 0. The minimum atomic E-state index is 0. The predicted octanol–water partition coefficient (Wildman–Crippen LogP) is -8.41. The van der Waals surface area contributed by atoms with Gasteiger partial charge in [-0.1, -0.05) is 0 Å². The van der Waals surface area contributed by atoms with Gasteiger partial charge in [0.05, 0.1) is 0 Å². The van der Waals surface area contributed by atoms with Gasteiger partial charge in [-0.25, -0.2) is 0 Å². The second-order valence-electron chi connectivity index (χ2n) is 0. The van der Waals surface area contributed by atoms with E-state index in [1.807, 2.05) is 0 Å². The Balaban J connectivity index is -0.000000000500. The molecular formula is C2H5AlF4. The van der Waals surface area contributed by atoms with E-state index in [9.17, 15) is 0 Å². The van der Waals surface area contributed by atoms with Gasteiger partial charge in [-0.3, -0.25) is 4.70 Å². The van der Waals surface area contributed by atoms with Crippen molar-refractivity contribution in [2.45, 2.75) is 0 Å². The number of rotatable bonds is 0. The molecule has 0 aliphatic rings. The molecule has 0 atom stereocenters. The van der Waals surface area contributed by atoms with Gasteiger partial charge >= 0.3 is 17.4 Å². The van der Waals surface area contributed by atoms with Crippen LogP contribution < -0.4 is 14.1 Å². The Bertz CT molecular complexity index is 9.65. The zero-order valence-electron chi connectivity index (χ0n) is 3.53. The zero-order chi connectivity index (χ0) is 2.00. The Hall–Kier alpha value is -0.00753. The molecule has 0 heterocycles. The van der Waals surface area contributed by atoms with E-state index in [1.165, 1.54) is 0 Å². The van der Waals surface area contributed by atoms with E-state index in [4.69, 9.17) is 0 Å². The molecule has 0 saturated heterocycles. The molecule has 0 radical (unpaired) electrons. The van der Waals surface area contributed by atoms with Gasteiger partial charge < -0.3 is 14.1 Å². The molecule has 0 N–H and O–H groups in total. The monoisotopic (exact) mass is 132 g/mol. The Morgan fingerprint density at radius 3 is 0.714 bits per heavy atom. The van der Waals surface area contributed by atoms with Crippen LogP contribution >= 0.6 is 0 Å². The molecule has 0 saturated carbocycles. The van der Waals surface area contributed by atoms with Crippen LogP contribution in [0.5, 0.6) is 0 Å². The molecule has 0 unspecified atom stereocenters. The topological polar surface area (TPSA) is 0 Å². The van der Waals surface area contributed by atoms with Gasteiger partial charge in [0.2, 0.25) is 0 Å². The molecule has 0 nitrogen and oxygen atoms in total. The molecule has 0 spiro atoms. The molecule has 0 aliphatic heterocycles. The third kappa shape index (κ3) is 1680000. The first-order valence-electron chi connectivity index (χ1n) is 0.500. The summed E-state index contributed by atoms with van der Waals surface area (Å²) in [7, 11) is 0. The average Bonchev–Trinajstić information content (AvgIpc) is 1.00. The first-order valence-corrected chi connectivity index (χ1v) is 0.500. The molecule has 0 aromatic carbocycles. The number of halogens is 4. The quantitative estimate of drug-likeness (QED) is 0.174. The van der Waals surface area contributed by atoms with Crippen LogP contribution in [0.1, 0.15) is 0 Å². The van der Waals surface area contributed by atoms with Gasteiger partial charge in [0.25, 0.3) is 0 Å². The maximum atomic E-state index is 3.00. The van der Waals surface area contributed by atoms with Gasteiger partial charge in [-0.15, -0.1) is 13.2 Å². The minimum absolute atomic E-state index is 0. The van der Waals surface area contributed by atoms with Crippen molar-refractivity contribution in [3.63, 3.8) is 0 Å². The normalized spacial score (nSPS) is 0.571. The van der Waals surface area contributed by atoms with Crippen molar-refractivity contribution >= 4 is 17.4 Å². The van der Waals surface area contributed by atoms with Gasteiger partial charge in [0.15, 0.2) is 0 Å².